The van der Waals surface area contributed by atoms with Crippen LogP contribution in [0, 0.1) is 5.41 Å². The number of ether oxygens (including phenoxy) is 3. The fourth-order valence-corrected chi connectivity index (χ4v) is 2.36. The highest BCUT2D eigenvalue weighted by molar-refractivity contribution is 8.02. The number of rotatable bonds is 4. The van der Waals surface area contributed by atoms with Gasteiger partial charge in [-0.25, -0.2) is 0 Å². The maximum atomic E-state index is 11.7. The van der Waals surface area contributed by atoms with Crippen LogP contribution in [0.25, 0.3) is 0 Å². The highest BCUT2D eigenvalue weighted by Crippen LogP contribution is 2.38. The number of methoxy groups -OCH3 is 3. The van der Waals surface area contributed by atoms with Gasteiger partial charge in [0.15, 0.2) is 11.5 Å². The fraction of sp³-hybridized carbons (Fsp3) is 0.250. The lowest BCUT2D eigenvalue weighted by molar-refractivity contribution is 0.324. The molecule has 96 valence electrons. The van der Waals surface area contributed by atoms with Gasteiger partial charge in [0.2, 0.25) is 5.75 Å². The van der Waals surface area contributed by atoms with Crippen molar-refractivity contribution in [2.24, 2.45) is 4.99 Å². The van der Waals surface area contributed by atoms with Crippen molar-refractivity contribution in [1.82, 2.24) is 0 Å². The van der Waals surface area contributed by atoms with E-state index in [4.69, 9.17) is 14.2 Å². The molecule has 1 aliphatic rings. The number of benzene rings is 1. The van der Waals surface area contributed by atoms with E-state index in [9.17, 15) is 4.21 Å². The van der Waals surface area contributed by atoms with E-state index in [1.165, 1.54) is 27.5 Å². The predicted octanol–water partition coefficient (Wildman–Crippen LogP) is 1.50. The Kier molecular flexibility index (Phi) is 3.66. The molecule has 1 aromatic carbocycles. The van der Waals surface area contributed by atoms with Crippen LogP contribution in [0.3, 0.4) is 0 Å². The van der Waals surface area contributed by atoms with Crippen molar-refractivity contribution < 1.29 is 18.4 Å². The predicted molar refractivity (Wildman–Crippen MR) is 68.6 cm³/mol. The van der Waals surface area contributed by atoms with E-state index in [1.807, 2.05) is 0 Å². The zero-order valence-electron chi connectivity index (χ0n) is 10.2. The summed E-state index contributed by atoms with van der Waals surface area (Å²) >= 11 is 0. The Bertz CT molecular complexity index is 526. The third-order valence-corrected chi connectivity index (χ3v) is 3.44. The van der Waals surface area contributed by atoms with Gasteiger partial charge in [0.05, 0.1) is 21.3 Å². The summed E-state index contributed by atoms with van der Waals surface area (Å²) in [6.45, 7) is 0. The second-order valence-electron chi connectivity index (χ2n) is 3.36. The Morgan fingerprint density at radius 3 is 2.11 bits per heavy atom. The van der Waals surface area contributed by atoms with Gasteiger partial charge >= 0.3 is 0 Å². The number of hydrogen-bond donors (Lipinski definition) is 0. The Hall–Kier alpha value is -1.82. The Labute approximate surface area is 108 Å². The van der Waals surface area contributed by atoms with E-state index < -0.39 is 10.8 Å². The molecule has 1 aliphatic heterocycles. The van der Waals surface area contributed by atoms with E-state index in [0.717, 1.165) is 0 Å². The lowest BCUT2D eigenvalue weighted by atomic mass is 10.2. The van der Waals surface area contributed by atoms with Crippen LogP contribution >= 0.6 is 0 Å². The third kappa shape index (κ3) is 2.11. The average molecular weight is 266 g/mol. The molecule has 1 unspecified atom stereocenters. The highest BCUT2D eigenvalue weighted by Gasteiger charge is 2.16. The van der Waals surface area contributed by atoms with Gasteiger partial charge in [0.25, 0.3) is 0 Å². The Balaban J connectivity index is 2.54. The van der Waals surface area contributed by atoms with Crippen LogP contribution in [0.5, 0.6) is 17.2 Å². The summed E-state index contributed by atoms with van der Waals surface area (Å²) in [4.78, 5) is 4.02. The van der Waals surface area contributed by atoms with Gasteiger partial charge in [-0.3, -0.25) is 9.20 Å². The normalized spacial score (nSPS) is 17.5. The van der Waals surface area contributed by atoms with Crippen LogP contribution in [-0.4, -0.2) is 30.6 Å². The van der Waals surface area contributed by atoms with Crippen molar-refractivity contribution in [2.45, 2.75) is 0 Å². The Morgan fingerprint density at radius 2 is 1.72 bits per heavy atom. The molecule has 0 N–H and O–H groups in total. The quantitative estimate of drug-likeness (QED) is 0.775. The molecule has 0 aromatic heterocycles. The maximum Gasteiger partial charge on any atom is 0.203 e. The molecule has 0 aliphatic carbocycles. The standard InChI is InChI=1S/C12H12NO4S/c1-15-9-6-8(12-13-4-5-18(12)14)7-10(16-2)11(9)17-3/h4,6-7H,1-3H3/q-1. The van der Waals surface area contributed by atoms with E-state index in [2.05, 4.69) is 10.4 Å². The molecule has 0 amide bonds. The first-order chi connectivity index (χ1) is 8.71. The van der Waals surface area contributed by atoms with Crippen LogP contribution < -0.4 is 14.2 Å². The summed E-state index contributed by atoms with van der Waals surface area (Å²) < 4.78 is 27.3. The van der Waals surface area contributed by atoms with Crippen molar-refractivity contribution in [3.63, 3.8) is 0 Å². The number of nitrogens with zero attached hydrogens (tertiary/aromatic N) is 1. The second-order valence-corrected chi connectivity index (χ2v) is 4.52. The SMILES string of the molecule is COc1cc(C2=NC=[C-]S2=O)cc(OC)c1OC. The van der Waals surface area contributed by atoms with Crippen LogP contribution in [0.1, 0.15) is 5.56 Å². The summed E-state index contributed by atoms with van der Waals surface area (Å²) in [6.07, 6.45) is 1.40. The molecule has 0 radical (unpaired) electrons. The number of aliphatic imine (C=N–C) groups is 1. The highest BCUT2D eigenvalue weighted by atomic mass is 32.2. The molecule has 18 heavy (non-hydrogen) atoms. The first-order valence-corrected chi connectivity index (χ1v) is 6.24. The van der Waals surface area contributed by atoms with Crippen LogP contribution in [0.15, 0.2) is 23.3 Å². The summed E-state index contributed by atoms with van der Waals surface area (Å²) in [5, 5.41) is 3.03. The molecule has 2 rings (SSSR count). The molecule has 0 fully saturated rings. The van der Waals surface area contributed by atoms with Crippen LogP contribution in [0.2, 0.25) is 0 Å². The smallest absolute Gasteiger partial charge is 0.203 e. The molecule has 1 aromatic rings. The van der Waals surface area contributed by atoms with Crippen LogP contribution in [0.4, 0.5) is 0 Å². The number of hydrogen-bond acceptors (Lipinski definition) is 5. The van der Waals surface area contributed by atoms with Gasteiger partial charge < -0.3 is 19.6 Å². The molecule has 1 atom stereocenters. The van der Waals surface area contributed by atoms with Crippen molar-refractivity contribution in [3.8, 4) is 17.2 Å². The minimum absolute atomic E-state index is 0.425. The van der Waals surface area contributed by atoms with Gasteiger partial charge in [-0.05, 0) is 12.1 Å². The van der Waals surface area contributed by atoms with E-state index >= 15 is 0 Å². The summed E-state index contributed by atoms with van der Waals surface area (Å²) in [7, 11) is 3.23. The van der Waals surface area contributed by atoms with E-state index in [0.29, 0.717) is 27.9 Å². The molecule has 0 spiro atoms. The van der Waals surface area contributed by atoms with Gasteiger partial charge in [0, 0.05) is 5.56 Å². The largest absolute Gasteiger partial charge is 0.493 e. The van der Waals surface area contributed by atoms with Crippen molar-refractivity contribution >= 4 is 15.8 Å². The summed E-state index contributed by atoms with van der Waals surface area (Å²) in [5.41, 5.74) is 0.657. The summed E-state index contributed by atoms with van der Waals surface area (Å²) in [6, 6.07) is 3.41. The third-order valence-electron chi connectivity index (χ3n) is 2.43. The fourth-order valence-electron chi connectivity index (χ4n) is 1.62. The first kappa shape index (κ1) is 12.6. The first-order valence-electron chi connectivity index (χ1n) is 5.09. The minimum Gasteiger partial charge on any atom is -0.493 e. The maximum absolute atomic E-state index is 11.7. The lowest BCUT2D eigenvalue weighted by Crippen LogP contribution is -2.05. The molecule has 0 saturated carbocycles. The van der Waals surface area contributed by atoms with Crippen molar-refractivity contribution in [1.29, 1.82) is 0 Å². The topological polar surface area (TPSA) is 57.1 Å². The summed E-state index contributed by atoms with van der Waals surface area (Å²) in [5.74, 6) is 1.49. The monoisotopic (exact) mass is 266 g/mol. The van der Waals surface area contributed by atoms with Gasteiger partial charge in [-0.2, -0.15) is 0 Å². The van der Waals surface area contributed by atoms with Gasteiger partial charge in [0.1, 0.15) is 5.04 Å². The average Bonchev–Trinajstić information content (AvgIpc) is 2.83. The van der Waals surface area contributed by atoms with E-state index in [-0.39, 0.29) is 0 Å². The Morgan fingerprint density at radius 1 is 1.11 bits per heavy atom. The zero-order chi connectivity index (χ0) is 13.1. The molecule has 5 nitrogen and oxygen atoms in total. The van der Waals surface area contributed by atoms with E-state index in [1.54, 1.807) is 12.1 Å². The molecule has 6 heteroatoms. The lowest BCUT2D eigenvalue weighted by Gasteiger charge is -2.14. The molecule has 1 heterocycles. The van der Waals surface area contributed by atoms with Crippen LogP contribution in [-0.2, 0) is 10.8 Å². The van der Waals surface area contributed by atoms with Gasteiger partial charge in [-0.15, -0.1) is 6.20 Å². The molecular weight excluding hydrogens is 254 g/mol. The second kappa shape index (κ2) is 5.22. The molecule has 0 saturated heterocycles. The van der Waals surface area contributed by atoms with Crippen molar-refractivity contribution in [2.75, 3.05) is 21.3 Å². The van der Waals surface area contributed by atoms with Crippen molar-refractivity contribution in [3.05, 3.63) is 29.3 Å². The van der Waals surface area contributed by atoms with Gasteiger partial charge in [-0.1, -0.05) is 10.8 Å². The zero-order valence-corrected chi connectivity index (χ0v) is 11.0. The molecular formula is C12H12NO4S-. The molecule has 0 bridgehead atoms. The minimum atomic E-state index is -1.35.